The Bertz CT molecular complexity index is 737. The number of aliphatic hydroxyl groups excluding tert-OH is 1. The lowest BCUT2D eigenvalue weighted by molar-refractivity contribution is 0.114. The van der Waals surface area contributed by atoms with Crippen LogP contribution >= 0.6 is 0 Å². The minimum absolute atomic E-state index is 0.0463. The summed E-state index contributed by atoms with van der Waals surface area (Å²) in [6.07, 6.45) is 6.48. The van der Waals surface area contributed by atoms with Crippen LogP contribution in [0.1, 0.15) is 30.4 Å². The van der Waals surface area contributed by atoms with Crippen molar-refractivity contribution >= 4 is 6.09 Å². The van der Waals surface area contributed by atoms with E-state index in [1.807, 2.05) is 24.3 Å². The van der Waals surface area contributed by atoms with Crippen molar-refractivity contribution < 1.29 is 14.6 Å². The number of carbonyl (C=O) groups excluding carboxylic acids is 1. The molecule has 0 aromatic heterocycles. The molecule has 1 unspecified atom stereocenters. The lowest BCUT2D eigenvalue weighted by Crippen LogP contribution is -2.33. The van der Waals surface area contributed by atoms with Crippen LogP contribution in [0, 0.1) is 11.8 Å². The second-order valence-corrected chi connectivity index (χ2v) is 5.86. The monoisotopic (exact) mass is 323 g/mol. The molecule has 1 aromatic carbocycles. The van der Waals surface area contributed by atoms with Crippen LogP contribution in [0.4, 0.5) is 4.79 Å². The van der Waals surface area contributed by atoms with Crippen molar-refractivity contribution in [1.29, 1.82) is 0 Å². The lowest BCUT2D eigenvalue weighted by atomic mass is 9.87. The Morgan fingerprint density at radius 3 is 2.96 bits per heavy atom. The Morgan fingerprint density at radius 1 is 1.25 bits per heavy atom. The number of hydrogen-bond donors (Lipinski definition) is 2. The summed E-state index contributed by atoms with van der Waals surface area (Å²) < 4.78 is 5.69. The van der Waals surface area contributed by atoms with E-state index in [0.29, 0.717) is 19.4 Å². The first-order valence-corrected chi connectivity index (χ1v) is 8.34. The minimum atomic E-state index is -0.453. The first-order chi connectivity index (χ1) is 11.8. The molecular formula is C20H21NO3. The van der Waals surface area contributed by atoms with Crippen LogP contribution in [0.2, 0.25) is 0 Å². The average molecular weight is 323 g/mol. The Morgan fingerprint density at radius 2 is 2.08 bits per heavy atom. The van der Waals surface area contributed by atoms with Gasteiger partial charge in [0.05, 0.1) is 0 Å². The van der Waals surface area contributed by atoms with Crippen molar-refractivity contribution in [2.24, 2.45) is 0 Å². The van der Waals surface area contributed by atoms with E-state index in [2.05, 4.69) is 29.3 Å². The lowest BCUT2D eigenvalue weighted by Gasteiger charge is -2.25. The first kappa shape index (κ1) is 16.4. The highest BCUT2D eigenvalue weighted by Gasteiger charge is 2.25. The number of nitrogens with one attached hydrogen (secondary N) is 1. The Hall–Kier alpha value is -2.51. The Balaban J connectivity index is 1.84. The fraction of sp³-hybridized carbons (Fsp3) is 0.350. The number of benzene rings is 1. The molecule has 0 spiro atoms. The summed E-state index contributed by atoms with van der Waals surface area (Å²) in [6.45, 7) is 0.449. The predicted octanol–water partition coefficient (Wildman–Crippen LogP) is 2.72. The van der Waals surface area contributed by atoms with Gasteiger partial charge in [0, 0.05) is 36.3 Å². The molecule has 0 fully saturated rings. The summed E-state index contributed by atoms with van der Waals surface area (Å²) in [4.78, 5) is 12.1. The van der Waals surface area contributed by atoms with Crippen molar-refractivity contribution in [3.05, 3.63) is 58.7 Å². The maximum Gasteiger partial charge on any atom is 0.407 e. The van der Waals surface area contributed by atoms with Gasteiger partial charge in [0.2, 0.25) is 0 Å². The largest absolute Gasteiger partial charge is 0.441 e. The van der Waals surface area contributed by atoms with Gasteiger partial charge >= 0.3 is 6.09 Å². The van der Waals surface area contributed by atoms with Crippen LogP contribution in [0.25, 0.3) is 0 Å². The molecule has 2 aliphatic rings. The second-order valence-electron chi connectivity index (χ2n) is 5.86. The molecule has 1 atom stereocenters. The van der Waals surface area contributed by atoms with Gasteiger partial charge in [-0.2, -0.15) is 0 Å². The molecule has 0 saturated heterocycles. The molecule has 1 aromatic rings. The van der Waals surface area contributed by atoms with Crippen LogP contribution in [0.3, 0.4) is 0 Å². The van der Waals surface area contributed by atoms with Crippen LogP contribution in [0.15, 0.2) is 47.6 Å². The third kappa shape index (κ3) is 3.87. The van der Waals surface area contributed by atoms with E-state index in [9.17, 15) is 4.79 Å². The zero-order valence-corrected chi connectivity index (χ0v) is 13.5. The molecule has 0 aliphatic heterocycles. The van der Waals surface area contributed by atoms with E-state index in [1.165, 1.54) is 0 Å². The maximum atomic E-state index is 12.1. The van der Waals surface area contributed by atoms with E-state index >= 15 is 0 Å². The quantitative estimate of drug-likeness (QED) is 0.662. The van der Waals surface area contributed by atoms with E-state index in [-0.39, 0.29) is 12.7 Å². The normalized spacial score (nSPS) is 18.5. The van der Waals surface area contributed by atoms with E-state index < -0.39 is 6.09 Å². The van der Waals surface area contributed by atoms with E-state index in [0.717, 1.165) is 35.1 Å². The second kappa shape index (κ2) is 7.85. The molecule has 0 bridgehead atoms. The van der Waals surface area contributed by atoms with Gasteiger partial charge in [-0.05, 0) is 30.9 Å². The summed E-state index contributed by atoms with van der Waals surface area (Å²) in [6, 6.07) is 7.98. The van der Waals surface area contributed by atoms with Crippen molar-refractivity contribution in [1.82, 2.24) is 5.32 Å². The fourth-order valence-corrected chi connectivity index (χ4v) is 2.93. The Labute approximate surface area is 142 Å². The smallest absolute Gasteiger partial charge is 0.407 e. The number of hydrogen-bond acceptors (Lipinski definition) is 3. The molecule has 0 saturated carbocycles. The molecule has 0 heterocycles. The van der Waals surface area contributed by atoms with Gasteiger partial charge < -0.3 is 15.2 Å². The first-order valence-electron chi connectivity index (χ1n) is 8.34. The number of alkyl carbamates (subject to hydrolysis) is 1. The zero-order chi connectivity index (χ0) is 16.8. The van der Waals surface area contributed by atoms with Gasteiger partial charge in [0.15, 0.2) is 0 Å². The average Bonchev–Trinajstić information content (AvgIpc) is 2.59. The standard InChI is InChI=1S/C20H21NO3/c22-13-5-12-21-20(23)24-19-14-17-8-2-1-6-15(17)10-11-16-7-3-4-9-18(16)19/h1-2,6-9,19,22H,3-5,12-14H2,(H,21,23). The third-order valence-electron chi connectivity index (χ3n) is 4.15. The molecule has 2 aliphatic carbocycles. The van der Waals surface area contributed by atoms with Gasteiger partial charge in [-0.3, -0.25) is 0 Å². The topological polar surface area (TPSA) is 58.6 Å². The van der Waals surface area contributed by atoms with Crippen molar-refractivity contribution in [2.45, 2.75) is 31.8 Å². The number of rotatable bonds is 4. The molecule has 3 rings (SSSR count). The molecule has 124 valence electrons. The minimum Gasteiger partial charge on any atom is -0.441 e. The molecule has 1 amide bonds. The number of allylic oxidation sites excluding steroid dienone is 2. The number of ether oxygens (including phenoxy) is 1. The number of amides is 1. The summed E-state index contributed by atoms with van der Waals surface area (Å²) in [5, 5.41) is 11.5. The molecule has 2 N–H and O–H groups in total. The SMILES string of the molecule is O=C(NCCCO)OC1Cc2ccccc2C#CC2=CCCC=C21. The fourth-order valence-electron chi connectivity index (χ4n) is 2.93. The number of aliphatic hydroxyl groups is 1. The maximum absolute atomic E-state index is 12.1. The Kier molecular flexibility index (Phi) is 5.35. The van der Waals surface area contributed by atoms with Gasteiger partial charge in [-0.15, -0.1) is 0 Å². The predicted molar refractivity (Wildman–Crippen MR) is 92.4 cm³/mol. The van der Waals surface area contributed by atoms with Crippen molar-refractivity contribution in [2.75, 3.05) is 13.2 Å². The van der Waals surface area contributed by atoms with Gasteiger partial charge in [0.1, 0.15) is 6.10 Å². The van der Waals surface area contributed by atoms with Gasteiger partial charge in [0.25, 0.3) is 0 Å². The molecule has 0 radical (unpaired) electrons. The summed E-state index contributed by atoms with van der Waals surface area (Å²) in [5.74, 6) is 6.47. The van der Waals surface area contributed by atoms with Crippen molar-refractivity contribution in [3.8, 4) is 11.8 Å². The van der Waals surface area contributed by atoms with Crippen molar-refractivity contribution in [3.63, 3.8) is 0 Å². The van der Waals surface area contributed by atoms with E-state index in [4.69, 9.17) is 9.84 Å². The van der Waals surface area contributed by atoms with Crippen LogP contribution in [-0.2, 0) is 11.2 Å². The van der Waals surface area contributed by atoms with E-state index in [1.54, 1.807) is 0 Å². The molecule has 4 heteroatoms. The summed E-state index contributed by atoms with van der Waals surface area (Å²) in [7, 11) is 0. The molecular weight excluding hydrogens is 302 g/mol. The zero-order valence-electron chi connectivity index (χ0n) is 13.5. The number of fused-ring (bicyclic) bond motifs is 2. The van der Waals surface area contributed by atoms with Gasteiger partial charge in [-0.25, -0.2) is 4.79 Å². The van der Waals surface area contributed by atoms with Crippen LogP contribution in [-0.4, -0.2) is 30.5 Å². The molecule has 4 nitrogen and oxygen atoms in total. The summed E-state index contributed by atoms with van der Waals surface area (Å²) in [5.41, 5.74) is 4.03. The third-order valence-corrected chi connectivity index (χ3v) is 4.15. The van der Waals surface area contributed by atoms with Crippen LogP contribution < -0.4 is 5.32 Å². The number of carbonyl (C=O) groups is 1. The highest BCUT2D eigenvalue weighted by molar-refractivity contribution is 5.68. The highest BCUT2D eigenvalue weighted by Crippen LogP contribution is 2.28. The highest BCUT2D eigenvalue weighted by atomic mass is 16.6. The molecule has 24 heavy (non-hydrogen) atoms. The van der Waals surface area contributed by atoms with Gasteiger partial charge in [-0.1, -0.05) is 42.2 Å². The summed E-state index contributed by atoms with van der Waals surface area (Å²) >= 11 is 0. The van der Waals surface area contributed by atoms with Crippen LogP contribution in [0.5, 0.6) is 0 Å².